The van der Waals surface area contributed by atoms with Gasteiger partial charge in [-0.15, -0.1) is 11.3 Å². The fraction of sp³-hybridized carbons (Fsp3) is 0.444. The van der Waals surface area contributed by atoms with E-state index >= 15 is 0 Å². The maximum absolute atomic E-state index is 11.9. The van der Waals surface area contributed by atoms with Crippen LogP contribution in [0.4, 0.5) is 0 Å². The smallest absolute Gasteiger partial charge is 0.203 e. The third kappa shape index (κ3) is 2.60. The monoisotopic (exact) mass is 310 g/mol. The van der Waals surface area contributed by atoms with Crippen LogP contribution in [-0.2, 0) is 9.47 Å². The van der Waals surface area contributed by atoms with Gasteiger partial charge in [0.15, 0.2) is 0 Å². The van der Waals surface area contributed by atoms with E-state index in [2.05, 4.69) is 15.9 Å². The minimum atomic E-state index is -0.486. The van der Waals surface area contributed by atoms with Gasteiger partial charge in [0.1, 0.15) is 10.4 Å². The SMILES string of the molecule is O=C(c1cc(Br)c(Cl)s1)C1COCCO1. The van der Waals surface area contributed by atoms with Crippen molar-refractivity contribution in [3.63, 3.8) is 0 Å². The Labute approximate surface area is 104 Å². The predicted molar refractivity (Wildman–Crippen MR) is 61.9 cm³/mol. The second-order valence-electron chi connectivity index (χ2n) is 3.03. The van der Waals surface area contributed by atoms with Crippen LogP contribution in [0, 0.1) is 0 Å². The summed E-state index contributed by atoms with van der Waals surface area (Å²) in [6.45, 7) is 1.35. The molecule has 0 aromatic carbocycles. The molecule has 0 saturated carbocycles. The summed E-state index contributed by atoms with van der Waals surface area (Å²) in [6.07, 6.45) is -0.486. The third-order valence-corrected chi connectivity index (χ3v) is 4.49. The molecule has 0 N–H and O–H groups in total. The molecule has 6 heteroatoms. The summed E-state index contributed by atoms with van der Waals surface area (Å²) in [6, 6.07) is 1.72. The molecule has 2 rings (SSSR count). The number of halogens is 2. The first kappa shape index (κ1) is 11.5. The molecule has 0 amide bonds. The van der Waals surface area contributed by atoms with E-state index < -0.39 is 6.10 Å². The number of hydrogen-bond acceptors (Lipinski definition) is 4. The van der Waals surface area contributed by atoms with Crippen molar-refractivity contribution in [2.75, 3.05) is 19.8 Å². The molecular weight excluding hydrogens is 304 g/mol. The fourth-order valence-corrected chi connectivity index (χ4v) is 2.95. The van der Waals surface area contributed by atoms with Crippen LogP contribution in [0.25, 0.3) is 0 Å². The number of Topliss-reactive ketones (excluding diaryl/α,β-unsaturated/α-hetero) is 1. The van der Waals surface area contributed by atoms with Gasteiger partial charge in [-0.2, -0.15) is 0 Å². The van der Waals surface area contributed by atoms with Gasteiger partial charge < -0.3 is 9.47 Å². The molecule has 2 heterocycles. The highest BCUT2D eigenvalue weighted by Gasteiger charge is 2.25. The van der Waals surface area contributed by atoms with Crippen LogP contribution < -0.4 is 0 Å². The van der Waals surface area contributed by atoms with Crippen LogP contribution in [0.2, 0.25) is 4.34 Å². The summed E-state index contributed by atoms with van der Waals surface area (Å²) in [7, 11) is 0. The molecule has 0 radical (unpaired) electrons. The number of ketones is 1. The highest BCUT2D eigenvalue weighted by molar-refractivity contribution is 9.10. The van der Waals surface area contributed by atoms with E-state index in [4.69, 9.17) is 21.1 Å². The highest BCUT2D eigenvalue weighted by atomic mass is 79.9. The van der Waals surface area contributed by atoms with E-state index in [-0.39, 0.29) is 5.78 Å². The van der Waals surface area contributed by atoms with E-state index in [1.165, 1.54) is 11.3 Å². The topological polar surface area (TPSA) is 35.5 Å². The lowest BCUT2D eigenvalue weighted by molar-refractivity contribution is -0.0717. The molecule has 1 saturated heterocycles. The van der Waals surface area contributed by atoms with Crippen LogP contribution in [0.1, 0.15) is 9.67 Å². The largest absolute Gasteiger partial charge is 0.376 e. The standard InChI is InChI=1S/C9H8BrClO3S/c10-5-3-7(15-9(5)11)8(12)6-4-13-1-2-14-6/h3,6H,1-2,4H2. The van der Waals surface area contributed by atoms with Gasteiger partial charge in [-0.25, -0.2) is 0 Å². The fourth-order valence-electron chi connectivity index (χ4n) is 1.27. The molecule has 3 nitrogen and oxygen atoms in total. The minimum absolute atomic E-state index is 0.0627. The Balaban J connectivity index is 2.12. The molecule has 0 aliphatic carbocycles. The minimum Gasteiger partial charge on any atom is -0.376 e. The zero-order chi connectivity index (χ0) is 10.8. The third-order valence-electron chi connectivity index (χ3n) is 2.00. The van der Waals surface area contributed by atoms with Gasteiger partial charge in [0.25, 0.3) is 0 Å². The van der Waals surface area contributed by atoms with Gasteiger partial charge in [0, 0.05) is 4.47 Å². The molecule has 1 unspecified atom stereocenters. The van der Waals surface area contributed by atoms with E-state index in [0.717, 1.165) is 4.47 Å². The zero-order valence-electron chi connectivity index (χ0n) is 7.66. The molecule has 1 fully saturated rings. The lowest BCUT2D eigenvalue weighted by atomic mass is 10.2. The number of rotatable bonds is 2. The number of ether oxygens (including phenoxy) is 2. The second kappa shape index (κ2) is 4.93. The van der Waals surface area contributed by atoms with Crippen LogP contribution in [-0.4, -0.2) is 31.7 Å². The summed E-state index contributed by atoms with van der Waals surface area (Å²) in [5.41, 5.74) is 0. The van der Waals surface area contributed by atoms with Gasteiger partial charge in [0.2, 0.25) is 5.78 Å². The van der Waals surface area contributed by atoms with Gasteiger partial charge in [-0.05, 0) is 22.0 Å². The van der Waals surface area contributed by atoms with Crippen LogP contribution in [0.5, 0.6) is 0 Å². The van der Waals surface area contributed by atoms with Crippen LogP contribution in [0.15, 0.2) is 10.5 Å². The molecule has 1 aliphatic heterocycles. The molecule has 1 aromatic rings. The lowest BCUT2D eigenvalue weighted by Crippen LogP contribution is -2.35. The van der Waals surface area contributed by atoms with E-state index in [1.54, 1.807) is 6.07 Å². The van der Waals surface area contributed by atoms with E-state index in [9.17, 15) is 4.79 Å². The lowest BCUT2D eigenvalue weighted by Gasteiger charge is -2.20. The number of carbonyl (C=O) groups is 1. The Morgan fingerprint density at radius 3 is 2.93 bits per heavy atom. The summed E-state index contributed by atoms with van der Waals surface area (Å²) in [4.78, 5) is 12.5. The first-order valence-corrected chi connectivity index (χ1v) is 6.35. The number of carbonyl (C=O) groups excluding carboxylic acids is 1. The summed E-state index contributed by atoms with van der Waals surface area (Å²) >= 11 is 10.4. The van der Waals surface area contributed by atoms with Crippen molar-refractivity contribution in [1.29, 1.82) is 0 Å². The summed E-state index contributed by atoms with van der Waals surface area (Å²) in [5, 5.41) is 0. The van der Waals surface area contributed by atoms with Crippen molar-refractivity contribution in [2.45, 2.75) is 6.10 Å². The molecule has 0 bridgehead atoms. The normalized spacial score (nSPS) is 21.6. The Bertz CT molecular complexity index is 354. The molecule has 15 heavy (non-hydrogen) atoms. The maximum Gasteiger partial charge on any atom is 0.203 e. The molecule has 1 aliphatic rings. The summed E-state index contributed by atoms with van der Waals surface area (Å²) < 4.78 is 11.8. The number of thiophene rings is 1. The van der Waals surface area contributed by atoms with Crippen molar-refractivity contribution >= 4 is 44.7 Å². The highest BCUT2D eigenvalue weighted by Crippen LogP contribution is 2.32. The summed E-state index contributed by atoms with van der Waals surface area (Å²) in [5.74, 6) is -0.0627. The van der Waals surface area contributed by atoms with E-state index in [1.807, 2.05) is 0 Å². The molecular formula is C9H8BrClO3S. The Kier molecular flexibility index (Phi) is 3.79. The van der Waals surface area contributed by atoms with Crippen LogP contribution >= 0.6 is 38.9 Å². The zero-order valence-corrected chi connectivity index (χ0v) is 10.8. The Morgan fingerprint density at radius 2 is 2.40 bits per heavy atom. The van der Waals surface area contributed by atoms with Crippen molar-refractivity contribution in [3.05, 3.63) is 19.8 Å². The van der Waals surface area contributed by atoms with Crippen molar-refractivity contribution in [3.8, 4) is 0 Å². The second-order valence-corrected chi connectivity index (χ2v) is 5.54. The molecule has 1 atom stereocenters. The van der Waals surface area contributed by atoms with Gasteiger partial charge in [-0.1, -0.05) is 11.6 Å². The van der Waals surface area contributed by atoms with E-state index in [0.29, 0.717) is 29.0 Å². The predicted octanol–water partition coefficient (Wildman–Crippen LogP) is 2.76. The first-order valence-electron chi connectivity index (χ1n) is 4.37. The first-order chi connectivity index (χ1) is 7.18. The van der Waals surface area contributed by atoms with Crippen LogP contribution in [0.3, 0.4) is 0 Å². The average molecular weight is 312 g/mol. The van der Waals surface area contributed by atoms with Gasteiger partial charge >= 0.3 is 0 Å². The maximum atomic E-state index is 11.9. The van der Waals surface area contributed by atoms with Gasteiger partial charge in [-0.3, -0.25) is 4.79 Å². The molecule has 0 spiro atoms. The van der Waals surface area contributed by atoms with Crippen molar-refractivity contribution in [2.24, 2.45) is 0 Å². The number of hydrogen-bond donors (Lipinski definition) is 0. The Morgan fingerprint density at radius 1 is 1.60 bits per heavy atom. The quantitative estimate of drug-likeness (QED) is 0.788. The molecule has 1 aromatic heterocycles. The van der Waals surface area contributed by atoms with Crippen molar-refractivity contribution < 1.29 is 14.3 Å². The Hall–Kier alpha value is 0.0600. The van der Waals surface area contributed by atoms with Crippen molar-refractivity contribution in [1.82, 2.24) is 0 Å². The molecule has 82 valence electrons. The van der Waals surface area contributed by atoms with Gasteiger partial charge in [0.05, 0.1) is 24.7 Å². The average Bonchev–Trinajstić information content (AvgIpc) is 2.59.